The van der Waals surface area contributed by atoms with Crippen molar-refractivity contribution in [2.24, 2.45) is 0 Å². The van der Waals surface area contributed by atoms with Crippen LogP contribution in [0.2, 0.25) is 0 Å². The van der Waals surface area contributed by atoms with Crippen LogP contribution in [-0.2, 0) is 19.1 Å². The highest BCUT2D eigenvalue weighted by Gasteiger charge is 2.04. The summed E-state index contributed by atoms with van der Waals surface area (Å²) in [6.45, 7) is 5.55. The minimum Gasteiger partial charge on any atom is -0.466 e. The molecule has 0 N–H and O–H groups in total. The second-order valence-corrected chi connectivity index (χ2v) is 11.1. The van der Waals surface area contributed by atoms with Gasteiger partial charge in [0.1, 0.15) is 0 Å². The van der Waals surface area contributed by atoms with E-state index in [1.54, 1.807) is 0 Å². The number of hydrogen-bond acceptors (Lipinski definition) is 5. The van der Waals surface area contributed by atoms with Crippen molar-refractivity contribution in [3.8, 4) is 0 Å². The van der Waals surface area contributed by atoms with E-state index in [9.17, 15) is 9.59 Å². The van der Waals surface area contributed by atoms with Crippen molar-refractivity contribution < 1.29 is 19.1 Å². The number of esters is 2. The molecule has 4 nitrogen and oxygen atoms in total. The maximum Gasteiger partial charge on any atom is 0.305 e. The molecule has 0 radical (unpaired) electrons. The van der Waals surface area contributed by atoms with E-state index in [2.05, 4.69) is 13.8 Å². The zero-order chi connectivity index (χ0) is 25.7. The number of hydrogen-bond donors (Lipinski definition) is 0. The second-order valence-electron chi connectivity index (χ2n) is 9.92. The Morgan fingerprint density at radius 1 is 0.457 bits per heavy atom. The fourth-order valence-corrected chi connectivity index (χ4v) is 4.95. The summed E-state index contributed by atoms with van der Waals surface area (Å²) in [5.74, 6) is 1.88. The number of ether oxygens (including phenoxy) is 2. The van der Waals surface area contributed by atoms with Gasteiger partial charge < -0.3 is 9.47 Å². The normalized spacial score (nSPS) is 11.0. The summed E-state index contributed by atoms with van der Waals surface area (Å²) in [6, 6.07) is 0. The fourth-order valence-electron chi connectivity index (χ4n) is 4.10. The predicted octanol–water partition coefficient (Wildman–Crippen LogP) is 9.43. The molecule has 0 aromatic rings. The van der Waals surface area contributed by atoms with Crippen LogP contribution in [0, 0.1) is 0 Å². The van der Waals surface area contributed by atoms with Gasteiger partial charge >= 0.3 is 11.9 Å². The lowest BCUT2D eigenvalue weighted by Gasteiger charge is -2.06. The van der Waals surface area contributed by atoms with E-state index in [1.165, 1.54) is 89.9 Å². The van der Waals surface area contributed by atoms with Gasteiger partial charge in [-0.3, -0.25) is 9.59 Å². The molecule has 0 unspecified atom stereocenters. The van der Waals surface area contributed by atoms with Crippen molar-refractivity contribution in [3.05, 3.63) is 0 Å². The molecule has 0 aromatic carbocycles. The molecule has 0 saturated heterocycles. The first-order valence-corrected chi connectivity index (χ1v) is 16.2. The SMILES string of the molecule is CCCCCCCCCCCC(=O)OCCCSCCCOC(=O)CCCCCCCCCCC. The first-order chi connectivity index (χ1) is 17.2. The van der Waals surface area contributed by atoms with Gasteiger partial charge in [-0.1, -0.05) is 117 Å². The van der Waals surface area contributed by atoms with Crippen molar-refractivity contribution in [1.29, 1.82) is 0 Å². The van der Waals surface area contributed by atoms with Gasteiger partial charge in [0.2, 0.25) is 0 Å². The third kappa shape index (κ3) is 29.4. The zero-order valence-corrected chi connectivity index (χ0v) is 24.2. The standard InChI is InChI=1S/C30H58O4S/c1-3-5-7-9-11-13-15-17-19-23-29(31)33-25-21-27-35-28-22-26-34-30(32)24-20-18-16-14-12-10-8-6-4-2/h3-28H2,1-2H3. The Morgan fingerprint density at radius 2 is 0.771 bits per heavy atom. The van der Waals surface area contributed by atoms with Crippen LogP contribution in [0.4, 0.5) is 0 Å². The van der Waals surface area contributed by atoms with E-state index in [-0.39, 0.29) is 11.9 Å². The molecule has 0 aliphatic heterocycles. The largest absolute Gasteiger partial charge is 0.466 e. The van der Waals surface area contributed by atoms with Crippen LogP contribution in [0.5, 0.6) is 0 Å². The van der Waals surface area contributed by atoms with Gasteiger partial charge in [-0.25, -0.2) is 0 Å². The highest BCUT2D eigenvalue weighted by Crippen LogP contribution is 2.12. The molecule has 5 heteroatoms. The van der Waals surface area contributed by atoms with Gasteiger partial charge in [-0.05, 0) is 37.2 Å². The van der Waals surface area contributed by atoms with Crippen molar-refractivity contribution in [3.63, 3.8) is 0 Å². The Labute approximate surface area is 222 Å². The van der Waals surface area contributed by atoms with E-state index in [0.717, 1.165) is 50.0 Å². The number of unbranched alkanes of at least 4 members (excludes halogenated alkanes) is 16. The predicted molar refractivity (Wildman–Crippen MR) is 152 cm³/mol. The summed E-state index contributed by atoms with van der Waals surface area (Å²) in [4.78, 5) is 23.6. The van der Waals surface area contributed by atoms with E-state index >= 15 is 0 Å². The quantitative estimate of drug-likeness (QED) is 0.0768. The minimum atomic E-state index is -0.0446. The van der Waals surface area contributed by atoms with E-state index in [0.29, 0.717) is 26.1 Å². The molecular formula is C30H58O4S. The molecule has 0 heterocycles. The van der Waals surface area contributed by atoms with Crippen LogP contribution in [0.1, 0.15) is 155 Å². The lowest BCUT2D eigenvalue weighted by molar-refractivity contribution is -0.144. The molecule has 0 aliphatic rings. The van der Waals surface area contributed by atoms with E-state index in [4.69, 9.17) is 9.47 Å². The van der Waals surface area contributed by atoms with Gasteiger partial charge in [-0.2, -0.15) is 11.8 Å². The number of carbonyl (C=O) groups excluding carboxylic acids is 2. The molecule has 0 fully saturated rings. The average molecular weight is 515 g/mol. The Morgan fingerprint density at radius 3 is 1.11 bits per heavy atom. The van der Waals surface area contributed by atoms with Crippen LogP contribution >= 0.6 is 11.8 Å². The molecule has 0 aliphatic carbocycles. The fraction of sp³-hybridized carbons (Fsp3) is 0.933. The van der Waals surface area contributed by atoms with Crippen LogP contribution in [0.25, 0.3) is 0 Å². The van der Waals surface area contributed by atoms with Crippen molar-refractivity contribution >= 4 is 23.7 Å². The zero-order valence-electron chi connectivity index (χ0n) is 23.4. The molecular weight excluding hydrogens is 456 g/mol. The molecule has 35 heavy (non-hydrogen) atoms. The molecule has 0 amide bonds. The van der Waals surface area contributed by atoms with E-state index < -0.39 is 0 Å². The summed E-state index contributed by atoms with van der Waals surface area (Å²) in [7, 11) is 0. The second kappa shape index (κ2) is 29.5. The topological polar surface area (TPSA) is 52.6 Å². The summed E-state index contributed by atoms with van der Waals surface area (Å²) in [5.41, 5.74) is 0. The number of thioether (sulfide) groups is 1. The Bertz CT molecular complexity index is 416. The third-order valence-electron chi connectivity index (χ3n) is 6.36. The van der Waals surface area contributed by atoms with Gasteiger partial charge in [-0.15, -0.1) is 0 Å². The van der Waals surface area contributed by atoms with Crippen LogP contribution in [-0.4, -0.2) is 36.7 Å². The molecule has 0 aromatic heterocycles. The lowest BCUT2D eigenvalue weighted by Crippen LogP contribution is -2.07. The highest BCUT2D eigenvalue weighted by molar-refractivity contribution is 7.99. The van der Waals surface area contributed by atoms with Gasteiger partial charge in [0.25, 0.3) is 0 Å². The van der Waals surface area contributed by atoms with Crippen LogP contribution < -0.4 is 0 Å². The van der Waals surface area contributed by atoms with Crippen LogP contribution in [0.3, 0.4) is 0 Å². The molecule has 0 spiro atoms. The number of rotatable bonds is 28. The third-order valence-corrected chi connectivity index (χ3v) is 7.52. The Kier molecular flexibility index (Phi) is 28.9. The smallest absolute Gasteiger partial charge is 0.305 e. The molecule has 0 saturated carbocycles. The van der Waals surface area contributed by atoms with Gasteiger partial charge in [0.15, 0.2) is 0 Å². The van der Waals surface area contributed by atoms with E-state index in [1.807, 2.05) is 11.8 Å². The highest BCUT2D eigenvalue weighted by atomic mass is 32.2. The van der Waals surface area contributed by atoms with Gasteiger partial charge in [0, 0.05) is 12.8 Å². The number of carbonyl (C=O) groups is 2. The van der Waals surface area contributed by atoms with Crippen molar-refractivity contribution in [1.82, 2.24) is 0 Å². The van der Waals surface area contributed by atoms with Crippen LogP contribution in [0.15, 0.2) is 0 Å². The molecule has 0 rings (SSSR count). The summed E-state index contributed by atoms with van der Waals surface area (Å²) in [5, 5.41) is 0. The summed E-state index contributed by atoms with van der Waals surface area (Å²) < 4.78 is 10.7. The van der Waals surface area contributed by atoms with Crippen molar-refractivity contribution in [2.45, 2.75) is 155 Å². The molecule has 0 atom stereocenters. The van der Waals surface area contributed by atoms with Gasteiger partial charge in [0.05, 0.1) is 13.2 Å². The first kappa shape index (κ1) is 34.3. The molecule has 0 bridgehead atoms. The monoisotopic (exact) mass is 514 g/mol. The summed E-state index contributed by atoms with van der Waals surface area (Å²) in [6.07, 6.45) is 25.7. The summed E-state index contributed by atoms with van der Waals surface area (Å²) >= 11 is 1.84. The first-order valence-electron chi connectivity index (χ1n) is 15.1. The Balaban J connectivity index is 3.24. The van der Waals surface area contributed by atoms with Crippen molar-refractivity contribution in [2.75, 3.05) is 24.7 Å². The maximum absolute atomic E-state index is 11.8. The maximum atomic E-state index is 11.8. The minimum absolute atomic E-state index is 0.0446. The lowest BCUT2D eigenvalue weighted by atomic mass is 10.1. The average Bonchev–Trinajstić information content (AvgIpc) is 2.85. The Hall–Kier alpha value is -0.710. The molecule has 208 valence electrons.